The maximum Gasteiger partial charge on any atom is 0.260 e. The number of rotatable bonds is 6. The van der Waals surface area contributed by atoms with Gasteiger partial charge < -0.3 is 9.64 Å². The van der Waals surface area contributed by atoms with Gasteiger partial charge in [-0.05, 0) is 51.3 Å². The molecule has 29 heavy (non-hydrogen) atoms. The Bertz CT molecular complexity index is 1030. The fraction of sp³-hybridized carbons (Fsp3) is 0.524. The third kappa shape index (κ3) is 4.80. The SMILES string of the molecule is Cc1ccc(C)c(OCC(=O)N(C)Cc2c(C)nn([C@H]3CCS(=O)(=O)C3)c2C)c1. The quantitative estimate of drug-likeness (QED) is 0.719. The molecular formula is C21H29N3O4S. The summed E-state index contributed by atoms with van der Waals surface area (Å²) in [4.78, 5) is 14.2. The van der Waals surface area contributed by atoms with Crippen LogP contribution in [-0.4, -0.2) is 54.2 Å². The Hall–Kier alpha value is -2.35. The van der Waals surface area contributed by atoms with Gasteiger partial charge in [0.1, 0.15) is 5.75 Å². The minimum absolute atomic E-state index is 0.0338. The molecule has 1 aliphatic heterocycles. The van der Waals surface area contributed by atoms with E-state index in [0.29, 0.717) is 13.0 Å². The highest BCUT2D eigenvalue weighted by molar-refractivity contribution is 7.91. The van der Waals surface area contributed by atoms with Crippen molar-refractivity contribution < 1.29 is 17.9 Å². The molecule has 1 atom stereocenters. The van der Waals surface area contributed by atoms with E-state index in [2.05, 4.69) is 5.10 Å². The number of ether oxygens (including phenoxy) is 1. The summed E-state index contributed by atoms with van der Waals surface area (Å²) in [6.07, 6.45) is 0.586. The van der Waals surface area contributed by atoms with Crippen LogP contribution >= 0.6 is 0 Å². The molecule has 1 aromatic heterocycles. The van der Waals surface area contributed by atoms with E-state index in [1.54, 1.807) is 11.9 Å². The molecular weight excluding hydrogens is 390 g/mol. The lowest BCUT2D eigenvalue weighted by atomic mass is 10.1. The van der Waals surface area contributed by atoms with Gasteiger partial charge in [0.05, 0.1) is 23.2 Å². The number of benzene rings is 1. The molecule has 1 saturated heterocycles. The molecule has 2 aromatic rings. The molecule has 7 nitrogen and oxygen atoms in total. The van der Waals surface area contributed by atoms with Crippen molar-refractivity contribution in [2.75, 3.05) is 25.2 Å². The lowest BCUT2D eigenvalue weighted by molar-refractivity contribution is -0.132. The number of hydrogen-bond acceptors (Lipinski definition) is 5. The van der Waals surface area contributed by atoms with Crippen molar-refractivity contribution >= 4 is 15.7 Å². The fourth-order valence-electron chi connectivity index (χ4n) is 3.69. The summed E-state index contributed by atoms with van der Waals surface area (Å²) < 4.78 is 31.2. The van der Waals surface area contributed by atoms with Crippen LogP contribution in [0.1, 0.15) is 40.5 Å². The number of likely N-dealkylation sites (N-methyl/N-ethyl adjacent to an activating group) is 1. The molecule has 0 radical (unpaired) electrons. The van der Waals surface area contributed by atoms with Crippen molar-refractivity contribution in [3.63, 3.8) is 0 Å². The predicted octanol–water partition coefficient (Wildman–Crippen LogP) is 2.51. The van der Waals surface area contributed by atoms with Gasteiger partial charge in [-0.1, -0.05) is 12.1 Å². The van der Waals surface area contributed by atoms with E-state index >= 15 is 0 Å². The van der Waals surface area contributed by atoms with Gasteiger partial charge in [-0.15, -0.1) is 0 Å². The van der Waals surface area contributed by atoms with Gasteiger partial charge in [0.25, 0.3) is 5.91 Å². The number of nitrogens with zero attached hydrogens (tertiary/aromatic N) is 3. The molecule has 1 aromatic carbocycles. The molecule has 0 spiro atoms. The first-order valence-corrected chi connectivity index (χ1v) is 11.6. The Balaban J connectivity index is 1.66. The van der Waals surface area contributed by atoms with Crippen LogP contribution in [0.5, 0.6) is 5.75 Å². The highest BCUT2D eigenvalue weighted by atomic mass is 32.2. The molecule has 0 bridgehead atoms. The molecule has 0 saturated carbocycles. The Morgan fingerprint density at radius 3 is 2.66 bits per heavy atom. The third-order valence-electron chi connectivity index (χ3n) is 5.54. The minimum Gasteiger partial charge on any atom is -0.483 e. The number of aryl methyl sites for hydroxylation is 3. The zero-order valence-corrected chi connectivity index (χ0v) is 18.5. The van der Waals surface area contributed by atoms with Crippen molar-refractivity contribution in [3.05, 3.63) is 46.3 Å². The van der Waals surface area contributed by atoms with Crippen molar-refractivity contribution in [3.8, 4) is 5.75 Å². The Morgan fingerprint density at radius 2 is 2.00 bits per heavy atom. The highest BCUT2D eigenvalue weighted by Gasteiger charge is 2.31. The van der Waals surface area contributed by atoms with Gasteiger partial charge in [0.2, 0.25) is 0 Å². The number of carbonyl (C=O) groups is 1. The highest BCUT2D eigenvalue weighted by Crippen LogP contribution is 2.27. The lowest BCUT2D eigenvalue weighted by Gasteiger charge is -2.19. The topological polar surface area (TPSA) is 81.5 Å². The predicted molar refractivity (Wildman–Crippen MR) is 112 cm³/mol. The second kappa shape index (κ2) is 8.18. The van der Waals surface area contributed by atoms with E-state index in [1.807, 2.05) is 50.6 Å². The summed E-state index contributed by atoms with van der Waals surface area (Å²) >= 11 is 0. The lowest BCUT2D eigenvalue weighted by Crippen LogP contribution is -2.31. The van der Waals surface area contributed by atoms with E-state index in [9.17, 15) is 13.2 Å². The van der Waals surface area contributed by atoms with Crippen LogP contribution in [0.3, 0.4) is 0 Å². The van der Waals surface area contributed by atoms with E-state index in [1.165, 1.54) is 0 Å². The monoisotopic (exact) mass is 419 g/mol. The normalized spacial score (nSPS) is 18.0. The molecule has 0 aliphatic carbocycles. The van der Waals surface area contributed by atoms with Gasteiger partial charge >= 0.3 is 0 Å². The van der Waals surface area contributed by atoms with E-state index in [-0.39, 0.29) is 30.1 Å². The summed E-state index contributed by atoms with van der Waals surface area (Å²) in [5.41, 5.74) is 4.77. The van der Waals surface area contributed by atoms with Crippen molar-refractivity contribution in [2.24, 2.45) is 0 Å². The number of carbonyl (C=O) groups excluding carboxylic acids is 1. The summed E-state index contributed by atoms with van der Waals surface area (Å²) in [5, 5.41) is 4.57. The van der Waals surface area contributed by atoms with E-state index < -0.39 is 9.84 Å². The van der Waals surface area contributed by atoms with E-state index in [0.717, 1.165) is 33.8 Å². The summed E-state index contributed by atoms with van der Waals surface area (Å²) in [7, 11) is -1.24. The van der Waals surface area contributed by atoms with Crippen LogP contribution < -0.4 is 4.74 Å². The van der Waals surface area contributed by atoms with Gasteiger partial charge in [0.15, 0.2) is 16.4 Å². The number of aromatic nitrogens is 2. The first-order chi connectivity index (χ1) is 13.6. The average molecular weight is 420 g/mol. The average Bonchev–Trinajstić information content (AvgIpc) is 3.15. The number of sulfone groups is 1. The van der Waals surface area contributed by atoms with Crippen LogP contribution in [0.4, 0.5) is 0 Å². The maximum absolute atomic E-state index is 12.6. The van der Waals surface area contributed by atoms with Gasteiger partial charge in [-0.25, -0.2) is 8.42 Å². The van der Waals surface area contributed by atoms with Crippen LogP contribution in [0.15, 0.2) is 18.2 Å². The first kappa shape index (κ1) is 21.4. The second-order valence-corrected chi connectivity index (χ2v) is 10.2. The molecule has 3 rings (SSSR count). The molecule has 1 fully saturated rings. The molecule has 0 unspecified atom stereocenters. The molecule has 1 aliphatic rings. The minimum atomic E-state index is -2.98. The zero-order valence-electron chi connectivity index (χ0n) is 17.7. The van der Waals surface area contributed by atoms with Crippen LogP contribution in [0.25, 0.3) is 0 Å². The number of hydrogen-bond donors (Lipinski definition) is 0. The zero-order chi connectivity index (χ0) is 21.3. The molecule has 0 N–H and O–H groups in total. The summed E-state index contributed by atoms with van der Waals surface area (Å²) in [6.45, 7) is 8.14. The fourth-order valence-corrected chi connectivity index (χ4v) is 5.38. The third-order valence-corrected chi connectivity index (χ3v) is 7.30. The Labute approximate surface area is 172 Å². The standard InChI is InChI=1S/C21H29N3O4S/c1-14-6-7-15(2)20(10-14)28-12-21(25)23(5)11-19-16(3)22-24(17(19)4)18-8-9-29(26,27)13-18/h6-7,10,18H,8-9,11-13H2,1-5H3/t18-/m0/s1. The molecule has 8 heteroatoms. The van der Waals surface area contributed by atoms with Crippen molar-refractivity contribution in [2.45, 2.75) is 46.7 Å². The van der Waals surface area contributed by atoms with Crippen molar-refractivity contribution in [1.82, 2.24) is 14.7 Å². The smallest absolute Gasteiger partial charge is 0.260 e. The summed E-state index contributed by atoms with van der Waals surface area (Å²) in [6, 6.07) is 5.79. The van der Waals surface area contributed by atoms with E-state index in [4.69, 9.17) is 4.74 Å². The van der Waals surface area contributed by atoms with Gasteiger partial charge in [0, 0.05) is 24.8 Å². The first-order valence-electron chi connectivity index (χ1n) is 9.76. The Morgan fingerprint density at radius 1 is 1.28 bits per heavy atom. The summed E-state index contributed by atoms with van der Waals surface area (Å²) in [5.74, 6) is 0.932. The Kier molecular flexibility index (Phi) is 6.03. The van der Waals surface area contributed by atoms with Gasteiger partial charge in [-0.2, -0.15) is 5.10 Å². The van der Waals surface area contributed by atoms with Crippen molar-refractivity contribution in [1.29, 1.82) is 0 Å². The van der Waals surface area contributed by atoms with Gasteiger partial charge in [-0.3, -0.25) is 9.48 Å². The maximum atomic E-state index is 12.6. The van der Waals surface area contributed by atoms with Crippen LogP contribution in [0.2, 0.25) is 0 Å². The van der Waals surface area contributed by atoms with Crippen LogP contribution in [0, 0.1) is 27.7 Å². The second-order valence-electron chi connectivity index (χ2n) is 7.96. The molecule has 2 heterocycles. The molecule has 158 valence electrons. The number of amides is 1. The molecule has 1 amide bonds. The largest absolute Gasteiger partial charge is 0.483 e. The van der Waals surface area contributed by atoms with Crippen LogP contribution in [-0.2, 0) is 21.2 Å².